The van der Waals surface area contributed by atoms with Crippen LogP contribution in [-0.2, 0) is 9.73 Å². The number of hydrogen-bond donors (Lipinski definition) is 0. The fraction of sp³-hybridized carbons (Fsp3) is 0.167. The maximum atomic E-state index is 14.4. The third kappa shape index (κ3) is 4.03. The van der Waals surface area contributed by atoms with Gasteiger partial charge in [0.15, 0.2) is 0 Å². The van der Waals surface area contributed by atoms with E-state index in [1.165, 1.54) is 25.5 Å². The third-order valence-corrected chi connectivity index (χ3v) is 5.40. The molecule has 2 aromatic carbocycles. The number of carbonyl (C=O) groups excluding carboxylic acids is 1. The van der Waals surface area contributed by atoms with Gasteiger partial charge in [0.2, 0.25) is 11.7 Å². The maximum absolute atomic E-state index is 14.4. The Morgan fingerprint density at radius 1 is 1.22 bits per heavy atom. The predicted octanol–water partition coefficient (Wildman–Crippen LogP) is 3.49. The topological polar surface area (TPSA) is 94.7 Å². The molecule has 3 rings (SSSR count). The van der Waals surface area contributed by atoms with E-state index in [0.717, 1.165) is 6.07 Å². The fourth-order valence-electron chi connectivity index (χ4n) is 2.33. The van der Waals surface area contributed by atoms with Crippen molar-refractivity contribution in [2.45, 2.75) is 11.8 Å². The highest BCUT2D eigenvalue weighted by Gasteiger charge is 2.17. The number of methoxy groups -OCH3 is 1. The van der Waals surface area contributed by atoms with Gasteiger partial charge in [-0.25, -0.2) is 8.60 Å². The fourth-order valence-corrected chi connectivity index (χ4v) is 3.49. The number of carbonyl (C=O) groups is 1. The monoisotopic (exact) mass is 389 g/mol. The lowest BCUT2D eigenvalue weighted by Crippen LogP contribution is -2.06. The number of hydrogen-bond acceptors (Lipinski definition) is 6. The van der Waals surface area contributed by atoms with Gasteiger partial charge in [0.1, 0.15) is 11.6 Å². The second-order valence-corrected chi connectivity index (χ2v) is 7.97. The molecule has 0 aliphatic carbocycles. The van der Waals surface area contributed by atoms with Crippen LogP contribution in [0, 0.1) is 12.7 Å². The van der Waals surface area contributed by atoms with Gasteiger partial charge in [-0.1, -0.05) is 11.2 Å². The number of benzene rings is 2. The number of aromatic nitrogens is 2. The summed E-state index contributed by atoms with van der Waals surface area (Å²) in [5, 5.41) is 3.70. The third-order valence-electron chi connectivity index (χ3n) is 3.74. The van der Waals surface area contributed by atoms with Gasteiger partial charge in [-0.05, 0) is 36.4 Å². The van der Waals surface area contributed by atoms with Crippen LogP contribution in [0.1, 0.15) is 16.2 Å². The van der Waals surface area contributed by atoms with E-state index in [4.69, 9.17) is 9.26 Å². The number of ether oxygens (including phenoxy) is 1. The zero-order chi connectivity index (χ0) is 19.6. The van der Waals surface area contributed by atoms with Crippen LogP contribution in [0.15, 0.2) is 56.2 Å². The van der Waals surface area contributed by atoms with Crippen molar-refractivity contribution >= 4 is 15.6 Å². The molecule has 1 amide bonds. The maximum Gasteiger partial charge on any atom is 0.288 e. The second-order valence-electron chi connectivity index (χ2n) is 5.71. The lowest BCUT2D eigenvalue weighted by molar-refractivity contribution is 0.100. The molecule has 0 aliphatic heterocycles. The molecule has 1 aromatic heterocycles. The van der Waals surface area contributed by atoms with E-state index in [-0.39, 0.29) is 11.4 Å². The smallest absolute Gasteiger partial charge is 0.288 e. The molecule has 0 saturated carbocycles. The van der Waals surface area contributed by atoms with Gasteiger partial charge in [0.05, 0.1) is 22.4 Å². The molecule has 7 nitrogen and oxygen atoms in total. The van der Waals surface area contributed by atoms with Crippen LogP contribution in [0.25, 0.3) is 11.4 Å². The summed E-state index contributed by atoms with van der Waals surface area (Å²) in [5.74, 6) is -0.593. The van der Waals surface area contributed by atoms with Crippen molar-refractivity contribution in [3.8, 4) is 17.1 Å². The van der Waals surface area contributed by atoms with Gasteiger partial charge in [0, 0.05) is 23.6 Å². The molecule has 0 N–H and O–H groups in total. The summed E-state index contributed by atoms with van der Waals surface area (Å²) in [7, 11) is -1.54. The van der Waals surface area contributed by atoms with E-state index in [0.29, 0.717) is 22.1 Å². The van der Waals surface area contributed by atoms with Crippen LogP contribution < -0.4 is 4.74 Å². The average Bonchev–Trinajstić information content (AvgIpc) is 3.07. The van der Waals surface area contributed by atoms with Gasteiger partial charge in [0.25, 0.3) is 5.91 Å². The zero-order valence-electron chi connectivity index (χ0n) is 14.8. The number of aryl methyl sites for hydroxylation is 1. The van der Waals surface area contributed by atoms with Crippen molar-refractivity contribution in [2.24, 2.45) is 4.36 Å². The summed E-state index contributed by atoms with van der Waals surface area (Å²) < 4.78 is 40.8. The lowest BCUT2D eigenvalue weighted by Gasteiger charge is -2.06. The number of halogens is 1. The molecule has 9 heteroatoms. The van der Waals surface area contributed by atoms with Crippen LogP contribution in [-0.4, -0.2) is 33.6 Å². The molecule has 0 spiro atoms. The molecule has 1 heterocycles. The highest BCUT2D eigenvalue weighted by atomic mass is 32.2. The van der Waals surface area contributed by atoms with Crippen molar-refractivity contribution in [3.05, 3.63) is 59.7 Å². The molecule has 3 aromatic rings. The van der Waals surface area contributed by atoms with Gasteiger partial charge in [-0.15, -0.1) is 0 Å². The first-order chi connectivity index (χ1) is 12.8. The minimum atomic E-state index is -3.04. The Kier molecular flexibility index (Phi) is 5.04. The van der Waals surface area contributed by atoms with E-state index in [1.54, 1.807) is 31.2 Å². The summed E-state index contributed by atoms with van der Waals surface area (Å²) in [5.41, 5.74) is 0.0651. The molecule has 27 heavy (non-hydrogen) atoms. The van der Waals surface area contributed by atoms with Crippen molar-refractivity contribution in [3.63, 3.8) is 0 Å². The SMILES string of the molecule is COc1ccc(S(C)(=O)=NC(=O)c2ccc(-c3noc(C)n3)cc2F)cc1. The summed E-state index contributed by atoms with van der Waals surface area (Å²) in [6.07, 6.45) is 1.32. The van der Waals surface area contributed by atoms with Crippen molar-refractivity contribution < 1.29 is 22.7 Å². The molecule has 1 unspecified atom stereocenters. The van der Waals surface area contributed by atoms with Crippen molar-refractivity contribution in [1.29, 1.82) is 0 Å². The summed E-state index contributed by atoms with van der Waals surface area (Å²) >= 11 is 0. The molecule has 0 fully saturated rings. The summed E-state index contributed by atoms with van der Waals surface area (Å²) in [6.45, 7) is 1.61. The first-order valence-corrected chi connectivity index (χ1v) is 9.73. The van der Waals surface area contributed by atoms with E-state index in [9.17, 15) is 13.4 Å². The van der Waals surface area contributed by atoms with Crippen LogP contribution in [0.4, 0.5) is 4.39 Å². The Bertz CT molecular complexity index is 1120. The Morgan fingerprint density at radius 3 is 2.48 bits per heavy atom. The number of amides is 1. The minimum Gasteiger partial charge on any atom is -0.497 e. The molecular formula is C18H16FN3O4S. The van der Waals surface area contributed by atoms with Crippen molar-refractivity contribution in [2.75, 3.05) is 13.4 Å². The van der Waals surface area contributed by atoms with Gasteiger partial charge < -0.3 is 9.26 Å². The molecule has 1 atom stereocenters. The molecule has 0 radical (unpaired) electrons. The molecule has 0 saturated heterocycles. The largest absolute Gasteiger partial charge is 0.497 e. The summed E-state index contributed by atoms with van der Waals surface area (Å²) in [6, 6.07) is 10.2. The van der Waals surface area contributed by atoms with Crippen LogP contribution in [0.3, 0.4) is 0 Å². The lowest BCUT2D eigenvalue weighted by atomic mass is 10.1. The van der Waals surface area contributed by atoms with Crippen molar-refractivity contribution in [1.82, 2.24) is 10.1 Å². The van der Waals surface area contributed by atoms with Crippen LogP contribution in [0.5, 0.6) is 5.75 Å². The number of nitrogens with zero attached hydrogens (tertiary/aromatic N) is 3. The first kappa shape index (κ1) is 18.7. The van der Waals surface area contributed by atoms with Gasteiger partial charge in [-0.2, -0.15) is 9.35 Å². The van der Waals surface area contributed by atoms with E-state index in [1.807, 2.05) is 0 Å². The van der Waals surface area contributed by atoms with Gasteiger partial charge in [-0.3, -0.25) is 4.79 Å². The molecule has 0 aliphatic rings. The Morgan fingerprint density at radius 2 is 1.93 bits per heavy atom. The highest BCUT2D eigenvalue weighted by Crippen LogP contribution is 2.22. The Hall–Kier alpha value is -3.07. The standard InChI is InChI=1S/C18H16FN3O4S/c1-11-20-17(21-26-11)12-4-9-15(16(19)10-12)18(23)22-27(3,24)14-7-5-13(25-2)6-8-14/h4-10H,1-3H3. The quantitative estimate of drug-likeness (QED) is 0.678. The van der Waals surface area contributed by atoms with E-state index in [2.05, 4.69) is 14.5 Å². The van der Waals surface area contributed by atoms with Gasteiger partial charge >= 0.3 is 0 Å². The summed E-state index contributed by atoms with van der Waals surface area (Å²) in [4.78, 5) is 16.7. The van der Waals surface area contributed by atoms with Crippen LogP contribution in [0.2, 0.25) is 0 Å². The van der Waals surface area contributed by atoms with E-state index < -0.39 is 21.5 Å². The van der Waals surface area contributed by atoms with E-state index >= 15 is 0 Å². The first-order valence-electron chi connectivity index (χ1n) is 7.81. The second kappa shape index (κ2) is 7.28. The molecular weight excluding hydrogens is 373 g/mol. The zero-order valence-corrected chi connectivity index (χ0v) is 15.6. The predicted molar refractivity (Wildman–Crippen MR) is 96.5 cm³/mol. The number of rotatable bonds is 4. The minimum absolute atomic E-state index is 0.208. The highest BCUT2D eigenvalue weighted by molar-refractivity contribution is 7.93. The average molecular weight is 389 g/mol. The Balaban J connectivity index is 1.92. The van der Waals surface area contributed by atoms with Crippen LogP contribution >= 0.6 is 0 Å². The normalized spacial score (nSPS) is 13.0. The molecule has 0 bridgehead atoms. The molecule has 140 valence electrons. The Labute approximate surface area is 155 Å².